The third kappa shape index (κ3) is 10.4. The summed E-state index contributed by atoms with van der Waals surface area (Å²) in [5.41, 5.74) is 2.84. The van der Waals surface area contributed by atoms with Crippen molar-refractivity contribution in [1.82, 2.24) is 16.0 Å². The summed E-state index contributed by atoms with van der Waals surface area (Å²) in [5, 5.41) is 8.72. The average Bonchev–Trinajstić information content (AvgIpc) is 2.92. The van der Waals surface area contributed by atoms with Gasteiger partial charge in [0.25, 0.3) is 5.91 Å². The quantitative estimate of drug-likeness (QED) is 0.247. The molecule has 2 atom stereocenters. The standard InChI is InChI=1S/C33H40ClN3O5/c1-21(2)41-29-17-16-26(19-28(29)34)31(39)37-27(20-35-30(38)22(3)36-32(40)42-33(4,5)6)18-23-12-14-25(15-13-23)24-10-8-7-9-11-24/h7-17,19,21-22,27H,18,20H2,1-6H3,(H,35,38)(H,36,40)(H,37,39)/t22?,27-/m0/s1. The summed E-state index contributed by atoms with van der Waals surface area (Å²) in [6.07, 6.45) is -0.289. The second-order valence-corrected chi connectivity index (χ2v) is 11.8. The molecule has 9 heteroatoms. The summed E-state index contributed by atoms with van der Waals surface area (Å²) in [5.74, 6) is -0.247. The molecule has 8 nitrogen and oxygen atoms in total. The highest BCUT2D eigenvalue weighted by Gasteiger charge is 2.23. The first kappa shape index (κ1) is 32.5. The lowest BCUT2D eigenvalue weighted by Crippen LogP contribution is -2.50. The van der Waals surface area contributed by atoms with Crippen LogP contribution in [0.3, 0.4) is 0 Å². The summed E-state index contributed by atoms with van der Waals surface area (Å²) >= 11 is 6.36. The molecule has 3 amide bonds. The van der Waals surface area contributed by atoms with E-state index >= 15 is 0 Å². The second kappa shape index (κ2) is 14.7. The average molecular weight is 594 g/mol. The molecule has 0 radical (unpaired) electrons. The molecular formula is C33H40ClN3O5. The first-order valence-electron chi connectivity index (χ1n) is 14.0. The molecule has 3 aromatic carbocycles. The molecular weight excluding hydrogens is 554 g/mol. The number of ether oxygens (including phenoxy) is 2. The molecule has 0 aromatic heterocycles. The largest absolute Gasteiger partial charge is 0.489 e. The van der Waals surface area contributed by atoms with Crippen LogP contribution >= 0.6 is 11.6 Å². The van der Waals surface area contributed by atoms with E-state index in [1.165, 1.54) is 0 Å². The maximum atomic E-state index is 13.2. The van der Waals surface area contributed by atoms with Gasteiger partial charge in [0.05, 0.1) is 17.2 Å². The number of rotatable bonds is 11. The van der Waals surface area contributed by atoms with Crippen LogP contribution in [-0.4, -0.2) is 48.2 Å². The van der Waals surface area contributed by atoms with Crippen molar-refractivity contribution >= 4 is 29.5 Å². The molecule has 1 unspecified atom stereocenters. The van der Waals surface area contributed by atoms with Gasteiger partial charge in [0.15, 0.2) is 0 Å². The summed E-state index contributed by atoms with van der Waals surface area (Å²) in [6.45, 7) is 10.7. The maximum absolute atomic E-state index is 13.2. The second-order valence-electron chi connectivity index (χ2n) is 11.4. The molecule has 0 saturated heterocycles. The van der Waals surface area contributed by atoms with Gasteiger partial charge in [-0.3, -0.25) is 9.59 Å². The number of halogens is 1. The molecule has 0 aliphatic carbocycles. The van der Waals surface area contributed by atoms with Crippen molar-refractivity contribution in [3.63, 3.8) is 0 Å². The van der Waals surface area contributed by atoms with Gasteiger partial charge in [-0.25, -0.2) is 4.79 Å². The van der Waals surface area contributed by atoms with Gasteiger partial charge < -0.3 is 25.4 Å². The number of alkyl carbamates (subject to hydrolysis) is 1. The van der Waals surface area contributed by atoms with Crippen LogP contribution in [0.15, 0.2) is 72.8 Å². The summed E-state index contributed by atoms with van der Waals surface area (Å²) in [7, 11) is 0. The number of hydrogen-bond donors (Lipinski definition) is 3. The van der Waals surface area contributed by atoms with Crippen LogP contribution in [0.1, 0.15) is 57.5 Å². The summed E-state index contributed by atoms with van der Waals surface area (Å²) < 4.78 is 10.9. The molecule has 3 rings (SSSR count). The molecule has 0 aliphatic rings. The van der Waals surface area contributed by atoms with Gasteiger partial charge in [0.2, 0.25) is 5.91 Å². The van der Waals surface area contributed by atoms with Crippen molar-refractivity contribution in [1.29, 1.82) is 0 Å². The van der Waals surface area contributed by atoms with E-state index in [2.05, 4.69) is 16.0 Å². The van der Waals surface area contributed by atoms with E-state index in [-0.39, 0.29) is 18.6 Å². The number of amides is 3. The van der Waals surface area contributed by atoms with Crippen molar-refractivity contribution in [2.75, 3.05) is 6.54 Å². The Morgan fingerprint density at radius 1 is 0.857 bits per heavy atom. The number of carbonyl (C=O) groups excluding carboxylic acids is 3. The molecule has 0 spiro atoms. The molecule has 0 aliphatic heterocycles. The normalized spacial score (nSPS) is 12.7. The summed E-state index contributed by atoms with van der Waals surface area (Å²) in [6, 6.07) is 21.7. The molecule has 0 heterocycles. The Kier molecular flexibility index (Phi) is 11.4. The lowest BCUT2D eigenvalue weighted by Gasteiger charge is -2.23. The van der Waals surface area contributed by atoms with Gasteiger partial charge >= 0.3 is 6.09 Å². The van der Waals surface area contributed by atoms with E-state index in [0.29, 0.717) is 22.8 Å². The minimum Gasteiger partial charge on any atom is -0.489 e. The zero-order valence-corrected chi connectivity index (χ0v) is 25.7. The molecule has 0 saturated carbocycles. The molecule has 0 fully saturated rings. The van der Waals surface area contributed by atoms with Crippen molar-refractivity contribution in [2.45, 2.75) is 71.8 Å². The Morgan fingerprint density at radius 2 is 1.50 bits per heavy atom. The third-order valence-electron chi connectivity index (χ3n) is 6.08. The Labute approximate surface area is 253 Å². The van der Waals surface area contributed by atoms with E-state index in [9.17, 15) is 14.4 Å². The topological polar surface area (TPSA) is 106 Å². The first-order chi connectivity index (χ1) is 19.8. The van der Waals surface area contributed by atoms with Gasteiger partial charge in [-0.15, -0.1) is 0 Å². The zero-order valence-electron chi connectivity index (χ0n) is 25.0. The SMILES string of the molecule is CC(C)Oc1ccc(C(=O)N[C@H](CNC(=O)C(C)NC(=O)OC(C)(C)C)Cc2ccc(-c3ccccc3)cc2)cc1Cl. The van der Waals surface area contributed by atoms with Gasteiger partial charge in [-0.2, -0.15) is 0 Å². The lowest BCUT2D eigenvalue weighted by atomic mass is 10.00. The van der Waals surface area contributed by atoms with Crippen molar-refractivity contribution < 1.29 is 23.9 Å². The lowest BCUT2D eigenvalue weighted by molar-refractivity contribution is -0.122. The highest BCUT2D eigenvalue weighted by atomic mass is 35.5. The van der Waals surface area contributed by atoms with Crippen LogP contribution in [-0.2, 0) is 16.0 Å². The number of benzene rings is 3. The molecule has 0 bridgehead atoms. The monoisotopic (exact) mass is 593 g/mol. The number of nitrogens with one attached hydrogen (secondary N) is 3. The van der Waals surface area contributed by atoms with Gasteiger partial charge in [-0.05, 0) is 82.9 Å². The van der Waals surface area contributed by atoms with Crippen LogP contribution in [0.25, 0.3) is 11.1 Å². The highest BCUT2D eigenvalue weighted by molar-refractivity contribution is 6.32. The van der Waals surface area contributed by atoms with Crippen molar-refractivity contribution in [3.05, 3.63) is 88.9 Å². The number of carbonyl (C=O) groups is 3. The fraction of sp³-hybridized carbons (Fsp3) is 0.364. The van der Waals surface area contributed by atoms with Gasteiger partial charge in [0, 0.05) is 12.1 Å². The van der Waals surface area contributed by atoms with Crippen LogP contribution < -0.4 is 20.7 Å². The van der Waals surface area contributed by atoms with Crippen LogP contribution in [0.2, 0.25) is 5.02 Å². The Balaban J connectivity index is 1.72. The van der Waals surface area contributed by atoms with Crippen LogP contribution in [0, 0.1) is 0 Å². The van der Waals surface area contributed by atoms with E-state index in [1.807, 2.05) is 68.4 Å². The van der Waals surface area contributed by atoms with Gasteiger partial charge in [0.1, 0.15) is 17.4 Å². The predicted molar refractivity (Wildman–Crippen MR) is 166 cm³/mol. The Bertz CT molecular complexity index is 1350. The van der Waals surface area contributed by atoms with Crippen molar-refractivity contribution in [3.8, 4) is 16.9 Å². The minimum absolute atomic E-state index is 0.0596. The molecule has 3 aromatic rings. The van der Waals surface area contributed by atoms with Crippen LogP contribution in [0.4, 0.5) is 4.79 Å². The van der Waals surface area contributed by atoms with E-state index in [1.54, 1.807) is 45.9 Å². The van der Waals surface area contributed by atoms with Gasteiger partial charge in [-0.1, -0.05) is 66.2 Å². The highest BCUT2D eigenvalue weighted by Crippen LogP contribution is 2.26. The van der Waals surface area contributed by atoms with E-state index < -0.39 is 29.7 Å². The van der Waals surface area contributed by atoms with E-state index in [4.69, 9.17) is 21.1 Å². The zero-order chi connectivity index (χ0) is 30.9. The third-order valence-corrected chi connectivity index (χ3v) is 6.38. The fourth-order valence-electron chi connectivity index (χ4n) is 4.11. The Hall–Kier alpha value is -4.04. The minimum atomic E-state index is -0.839. The fourth-order valence-corrected chi connectivity index (χ4v) is 4.33. The molecule has 224 valence electrons. The first-order valence-corrected chi connectivity index (χ1v) is 14.4. The molecule has 3 N–H and O–H groups in total. The number of hydrogen-bond acceptors (Lipinski definition) is 5. The summed E-state index contributed by atoms with van der Waals surface area (Å²) in [4.78, 5) is 38.1. The Morgan fingerprint density at radius 3 is 2.10 bits per heavy atom. The van der Waals surface area contributed by atoms with Crippen LogP contribution in [0.5, 0.6) is 5.75 Å². The smallest absolute Gasteiger partial charge is 0.408 e. The predicted octanol–water partition coefficient (Wildman–Crippen LogP) is 6.16. The van der Waals surface area contributed by atoms with Crippen molar-refractivity contribution in [2.24, 2.45) is 0 Å². The molecule has 42 heavy (non-hydrogen) atoms. The maximum Gasteiger partial charge on any atom is 0.408 e. The van der Waals surface area contributed by atoms with E-state index in [0.717, 1.165) is 16.7 Å².